The SMILES string of the molecule is CNCc1scc(C)c1S(=O)(=O)NC1CCSC1. The summed E-state index contributed by atoms with van der Waals surface area (Å²) in [5.41, 5.74) is 0.836. The van der Waals surface area contributed by atoms with Crippen molar-refractivity contribution in [3.8, 4) is 0 Å². The second-order valence-electron chi connectivity index (χ2n) is 4.38. The van der Waals surface area contributed by atoms with Gasteiger partial charge in [-0.3, -0.25) is 0 Å². The summed E-state index contributed by atoms with van der Waals surface area (Å²) in [4.78, 5) is 1.35. The summed E-state index contributed by atoms with van der Waals surface area (Å²) in [7, 11) is -1.55. The Kier molecular flexibility index (Phi) is 4.71. The molecule has 0 saturated carbocycles. The fraction of sp³-hybridized carbons (Fsp3) is 0.636. The lowest BCUT2D eigenvalue weighted by molar-refractivity contribution is 0.561. The van der Waals surface area contributed by atoms with E-state index < -0.39 is 10.0 Å². The Bertz CT molecular complexity index is 504. The number of sulfonamides is 1. The molecule has 1 saturated heterocycles. The van der Waals surface area contributed by atoms with E-state index in [1.807, 2.05) is 19.4 Å². The Morgan fingerprint density at radius 3 is 2.89 bits per heavy atom. The van der Waals surface area contributed by atoms with Gasteiger partial charge in [-0.1, -0.05) is 0 Å². The van der Waals surface area contributed by atoms with Crippen molar-refractivity contribution in [3.63, 3.8) is 0 Å². The normalized spacial score (nSPS) is 20.4. The lowest BCUT2D eigenvalue weighted by Crippen LogP contribution is -2.35. The number of nitrogens with one attached hydrogen (secondary N) is 2. The zero-order valence-electron chi connectivity index (χ0n) is 10.5. The van der Waals surface area contributed by atoms with Gasteiger partial charge in [-0.15, -0.1) is 11.3 Å². The smallest absolute Gasteiger partial charge is 0.242 e. The maximum atomic E-state index is 12.4. The molecule has 0 aliphatic carbocycles. The quantitative estimate of drug-likeness (QED) is 0.867. The number of hydrogen-bond donors (Lipinski definition) is 2. The van der Waals surface area contributed by atoms with Crippen molar-refractivity contribution >= 4 is 33.1 Å². The third-order valence-electron chi connectivity index (χ3n) is 2.85. The van der Waals surface area contributed by atoms with E-state index in [1.54, 1.807) is 11.8 Å². The molecule has 18 heavy (non-hydrogen) atoms. The number of thiophene rings is 1. The molecule has 1 aliphatic heterocycles. The van der Waals surface area contributed by atoms with Crippen LogP contribution in [0.25, 0.3) is 0 Å². The molecule has 1 atom stereocenters. The summed E-state index contributed by atoms with van der Waals surface area (Å²) >= 11 is 3.30. The minimum atomic E-state index is -3.38. The molecule has 1 fully saturated rings. The average molecular weight is 306 g/mol. The Labute approximate surface area is 117 Å². The summed E-state index contributed by atoms with van der Waals surface area (Å²) < 4.78 is 27.7. The molecule has 0 radical (unpaired) electrons. The van der Waals surface area contributed by atoms with Gasteiger partial charge in [0.05, 0.1) is 0 Å². The van der Waals surface area contributed by atoms with Crippen molar-refractivity contribution in [1.82, 2.24) is 10.0 Å². The van der Waals surface area contributed by atoms with E-state index in [-0.39, 0.29) is 6.04 Å². The first-order valence-electron chi connectivity index (χ1n) is 5.86. The van der Waals surface area contributed by atoms with Crippen LogP contribution in [0, 0.1) is 6.92 Å². The lowest BCUT2D eigenvalue weighted by Gasteiger charge is -2.13. The van der Waals surface area contributed by atoms with Crippen LogP contribution >= 0.6 is 23.1 Å². The van der Waals surface area contributed by atoms with Crippen LogP contribution < -0.4 is 10.0 Å². The predicted octanol–water partition coefficient (Wildman–Crippen LogP) is 1.56. The molecule has 1 unspecified atom stereocenters. The van der Waals surface area contributed by atoms with Crippen LogP contribution in [-0.4, -0.2) is 33.0 Å². The highest BCUT2D eigenvalue weighted by atomic mass is 32.2. The summed E-state index contributed by atoms with van der Waals surface area (Å²) in [5.74, 6) is 1.92. The zero-order valence-corrected chi connectivity index (χ0v) is 13.0. The first-order chi connectivity index (χ1) is 8.54. The van der Waals surface area contributed by atoms with Crippen molar-refractivity contribution in [3.05, 3.63) is 15.8 Å². The summed E-state index contributed by atoms with van der Waals surface area (Å²) in [6, 6.07) is 0.0849. The Balaban J connectivity index is 2.25. The number of thioether (sulfide) groups is 1. The van der Waals surface area contributed by atoms with Crippen LogP contribution in [0.4, 0.5) is 0 Å². The number of hydrogen-bond acceptors (Lipinski definition) is 5. The topological polar surface area (TPSA) is 58.2 Å². The van der Waals surface area contributed by atoms with Crippen LogP contribution in [0.1, 0.15) is 16.9 Å². The van der Waals surface area contributed by atoms with E-state index in [2.05, 4.69) is 10.0 Å². The molecular weight excluding hydrogens is 288 g/mol. The van der Waals surface area contributed by atoms with Crippen molar-refractivity contribution in [1.29, 1.82) is 0 Å². The van der Waals surface area contributed by atoms with E-state index >= 15 is 0 Å². The molecule has 7 heteroatoms. The molecule has 0 aromatic carbocycles. The fourth-order valence-electron chi connectivity index (χ4n) is 2.04. The minimum absolute atomic E-state index is 0.0849. The first kappa shape index (κ1) is 14.3. The van der Waals surface area contributed by atoms with Gasteiger partial charge in [-0.05, 0) is 37.1 Å². The number of rotatable bonds is 5. The van der Waals surface area contributed by atoms with Crippen LogP contribution in [0.5, 0.6) is 0 Å². The van der Waals surface area contributed by atoms with Crippen LogP contribution in [0.15, 0.2) is 10.3 Å². The van der Waals surface area contributed by atoms with Crippen molar-refractivity contribution in [2.24, 2.45) is 0 Å². The van der Waals surface area contributed by atoms with Gasteiger partial charge < -0.3 is 5.32 Å². The summed E-state index contributed by atoms with van der Waals surface area (Å²) in [6.07, 6.45) is 0.925. The zero-order chi connectivity index (χ0) is 13.2. The minimum Gasteiger partial charge on any atom is -0.315 e. The highest BCUT2D eigenvalue weighted by Crippen LogP contribution is 2.28. The third kappa shape index (κ3) is 3.08. The van der Waals surface area contributed by atoms with Gasteiger partial charge in [0.15, 0.2) is 0 Å². The largest absolute Gasteiger partial charge is 0.315 e. The van der Waals surface area contributed by atoms with Gasteiger partial charge in [0.1, 0.15) is 4.90 Å². The molecule has 0 bridgehead atoms. The van der Waals surface area contributed by atoms with Gasteiger partial charge in [0, 0.05) is 23.2 Å². The Morgan fingerprint density at radius 2 is 2.28 bits per heavy atom. The molecule has 1 aromatic rings. The average Bonchev–Trinajstić information content (AvgIpc) is 2.89. The predicted molar refractivity (Wildman–Crippen MR) is 77.9 cm³/mol. The third-order valence-corrected chi connectivity index (χ3v) is 6.99. The van der Waals surface area contributed by atoms with Crippen LogP contribution in [0.2, 0.25) is 0 Å². The van der Waals surface area contributed by atoms with Crippen molar-refractivity contribution in [2.75, 3.05) is 18.6 Å². The molecule has 0 spiro atoms. The summed E-state index contributed by atoms with van der Waals surface area (Å²) in [5, 5.41) is 4.92. The molecule has 1 aliphatic rings. The van der Waals surface area contributed by atoms with Gasteiger partial charge in [-0.25, -0.2) is 13.1 Å². The molecule has 2 N–H and O–H groups in total. The van der Waals surface area contributed by atoms with E-state index in [4.69, 9.17) is 0 Å². The lowest BCUT2D eigenvalue weighted by atomic mass is 10.3. The monoisotopic (exact) mass is 306 g/mol. The maximum absolute atomic E-state index is 12.4. The molecule has 4 nitrogen and oxygen atoms in total. The molecular formula is C11H18N2O2S3. The van der Waals surface area contributed by atoms with Crippen LogP contribution in [-0.2, 0) is 16.6 Å². The molecule has 102 valence electrons. The second kappa shape index (κ2) is 5.92. The van der Waals surface area contributed by atoms with E-state index in [9.17, 15) is 8.42 Å². The van der Waals surface area contributed by atoms with Crippen molar-refractivity contribution in [2.45, 2.75) is 30.8 Å². The van der Waals surface area contributed by atoms with Gasteiger partial charge >= 0.3 is 0 Å². The van der Waals surface area contributed by atoms with E-state index in [0.29, 0.717) is 11.4 Å². The van der Waals surface area contributed by atoms with Gasteiger partial charge in [0.25, 0.3) is 0 Å². The fourth-order valence-corrected chi connectivity index (χ4v) is 6.39. The molecule has 0 amide bonds. The first-order valence-corrected chi connectivity index (χ1v) is 9.38. The van der Waals surface area contributed by atoms with E-state index in [0.717, 1.165) is 28.4 Å². The standard InChI is InChI=1S/C11H18N2O2S3/c1-8-6-17-10(5-12-2)11(8)18(14,15)13-9-3-4-16-7-9/h6,9,12-13H,3-5,7H2,1-2H3. The molecule has 1 aromatic heterocycles. The van der Waals surface area contributed by atoms with E-state index in [1.165, 1.54) is 11.3 Å². The maximum Gasteiger partial charge on any atom is 0.242 e. The highest BCUT2D eigenvalue weighted by molar-refractivity contribution is 7.99. The van der Waals surface area contributed by atoms with Gasteiger partial charge in [-0.2, -0.15) is 11.8 Å². The second-order valence-corrected chi connectivity index (χ2v) is 8.15. The Hall–Kier alpha value is -0.0800. The highest BCUT2D eigenvalue weighted by Gasteiger charge is 2.27. The molecule has 2 rings (SSSR count). The summed E-state index contributed by atoms with van der Waals surface area (Å²) in [6.45, 7) is 2.45. The van der Waals surface area contributed by atoms with Crippen LogP contribution in [0.3, 0.4) is 0 Å². The van der Waals surface area contributed by atoms with Gasteiger partial charge in [0.2, 0.25) is 10.0 Å². The van der Waals surface area contributed by atoms with Crippen molar-refractivity contribution < 1.29 is 8.42 Å². The molecule has 2 heterocycles. The Morgan fingerprint density at radius 1 is 1.50 bits per heavy atom. The number of aryl methyl sites for hydroxylation is 1.